The first-order valence-corrected chi connectivity index (χ1v) is 7.69. The fourth-order valence-corrected chi connectivity index (χ4v) is 2.90. The summed E-state index contributed by atoms with van der Waals surface area (Å²) < 4.78 is 0. The van der Waals surface area contributed by atoms with Crippen molar-refractivity contribution >= 4 is 6.08 Å². The Kier molecular flexibility index (Phi) is 5.21. The second-order valence-corrected chi connectivity index (χ2v) is 5.82. The summed E-state index contributed by atoms with van der Waals surface area (Å²) in [6, 6.07) is 13.5. The molecule has 0 amide bonds. The van der Waals surface area contributed by atoms with Crippen LogP contribution in [0.4, 0.5) is 0 Å². The predicted octanol–water partition coefficient (Wildman–Crippen LogP) is 4.78. The molecule has 0 saturated heterocycles. The summed E-state index contributed by atoms with van der Waals surface area (Å²) in [5, 5.41) is 0. The van der Waals surface area contributed by atoms with Crippen LogP contribution in [0, 0.1) is 13.8 Å². The quantitative estimate of drug-likeness (QED) is 0.837. The standard InChI is InChI=1S/C20H25N/c1-4-5-17-6-7-19(20(13-17)8-9-21)14-18-11-15(2)10-16(3)12-18/h6-13H,4-5,14,21H2,1-3H3/b9-8-. The summed E-state index contributed by atoms with van der Waals surface area (Å²) in [6.07, 6.45) is 6.89. The zero-order valence-corrected chi connectivity index (χ0v) is 13.3. The van der Waals surface area contributed by atoms with Crippen molar-refractivity contribution in [3.05, 3.63) is 76.0 Å². The van der Waals surface area contributed by atoms with Crippen LogP contribution in [0.5, 0.6) is 0 Å². The topological polar surface area (TPSA) is 26.0 Å². The van der Waals surface area contributed by atoms with Gasteiger partial charge in [0, 0.05) is 0 Å². The summed E-state index contributed by atoms with van der Waals surface area (Å²) in [5.41, 5.74) is 13.6. The second kappa shape index (κ2) is 7.12. The van der Waals surface area contributed by atoms with Crippen LogP contribution in [0.2, 0.25) is 0 Å². The molecule has 0 atom stereocenters. The smallest absolute Gasteiger partial charge is 0.00196 e. The number of benzene rings is 2. The van der Waals surface area contributed by atoms with E-state index < -0.39 is 0 Å². The molecular weight excluding hydrogens is 254 g/mol. The lowest BCUT2D eigenvalue weighted by molar-refractivity contribution is 0.919. The minimum atomic E-state index is 0.953. The lowest BCUT2D eigenvalue weighted by Gasteiger charge is -2.10. The van der Waals surface area contributed by atoms with Crippen LogP contribution in [-0.4, -0.2) is 0 Å². The van der Waals surface area contributed by atoms with Gasteiger partial charge in [-0.05, 0) is 61.2 Å². The molecule has 0 aliphatic rings. The summed E-state index contributed by atoms with van der Waals surface area (Å²) in [5.74, 6) is 0. The van der Waals surface area contributed by atoms with Gasteiger partial charge >= 0.3 is 0 Å². The molecule has 0 bridgehead atoms. The van der Waals surface area contributed by atoms with Crippen LogP contribution >= 0.6 is 0 Å². The van der Waals surface area contributed by atoms with Crippen LogP contribution < -0.4 is 5.73 Å². The van der Waals surface area contributed by atoms with Gasteiger partial charge in [0.15, 0.2) is 0 Å². The molecular formula is C20H25N. The maximum absolute atomic E-state index is 5.61. The fourth-order valence-electron chi connectivity index (χ4n) is 2.90. The zero-order valence-electron chi connectivity index (χ0n) is 13.3. The number of hydrogen-bond acceptors (Lipinski definition) is 1. The van der Waals surface area contributed by atoms with E-state index in [1.807, 2.05) is 6.08 Å². The highest BCUT2D eigenvalue weighted by atomic mass is 14.5. The van der Waals surface area contributed by atoms with Crippen LogP contribution in [-0.2, 0) is 12.8 Å². The maximum Gasteiger partial charge on any atom is -0.00196 e. The molecule has 110 valence electrons. The second-order valence-electron chi connectivity index (χ2n) is 5.82. The Labute approximate surface area is 128 Å². The van der Waals surface area contributed by atoms with E-state index >= 15 is 0 Å². The molecule has 1 heteroatoms. The lowest BCUT2D eigenvalue weighted by atomic mass is 9.95. The van der Waals surface area contributed by atoms with Gasteiger partial charge in [0.2, 0.25) is 0 Å². The lowest BCUT2D eigenvalue weighted by Crippen LogP contribution is -1.96. The van der Waals surface area contributed by atoms with Crippen LogP contribution in [0.15, 0.2) is 42.6 Å². The molecule has 2 rings (SSSR count). The molecule has 0 radical (unpaired) electrons. The molecule has 0 aromatic heterocycles. The minimum Gasteiger partial charge on any atom is -0.405 e. The average Bonchev–Trinajstić information content (AvgIpc) is 2.41. The number of rotatable bonds is 5. The van der Waals surface area contributed by atoms with E-state index in [0.717, 1.165) is 12.8 Å². The first kappa shape index (κ1) is 15.4. The molecule has 1 nitrogen and oxygen atoms in total. The number of hydrogen-bond donors (Lipinski definition) is 1. The van der Waals surface area contributed by atoms with Crippen molar-refractivity contribution in [2.45, 2.75) is 40.0 Å². The van der Waals surface area contributed by atoms with Crippen molar-refractivity contribution in [3.63, 3.8) is 0 Å². The van der Waals surface area contributed by atoms with E-state index in [0.29, 0.717) is 0 Å². The SMILES string of the molecule is CCCc1ccc(Cc2cc(C)cc(C)c2)c(/C=C\N)c1. The summed E-state index contributed by atoms with van der Waals surface area (Å²) in [4.78, 5) is 0. The molecule has 0 spiro atoms. The monoisotopic (exact) mass is 279 g/mol. The predicted molar refractivity (Wildman–Crippen MR) is 92.4 cm³/mol. The summed E-state index contributed by atoms with van der Waals surface area (Å²) in [7, 11) is 0. The summed E-state index contributed by atoms with van der Waals surface area (Å²) >= 11 is 0. The molecule has 2 aromatic rings. The number of nitrogens with two attached hydrogens (primary N) is 1. The first-order chi connectivity index (χ1) is 10.1. The van der Waals surface area contributed by atoms with E-state index in [1.54, 1.807) is 6.20 Å². The van der Waals surface area contributed by atoms with Gasteiger partial charge in [0.25, 0.3) is 0 Å². The first-order valence-electron chi connectivity index (χ1n) is 7.69. The van der Waals surface area contributed by atoms with Gasteiger partial charge in [-0.25, -0.2) is 0 Å². The van der Waals surface area contributed by atoms with Crippen molar-refractivity contribution in [2.75, 3.05) is 0 Å². The molecule has 0 aliphatic heterocycles. The van der Waals surface area contributed by atoms with E-state index in [1.165, 1.54) is 39.8 Å². The van der Waals surface area contributed by atoms with Gasteiger partial charge < -0.3 is 5.73 Å². The third-order valence-electron chi connectivity index (χ3n) is 3.70. The molecule has 0 heterocycles. The van der Waals surface area contributed by atoms with Crippen molar-refractivity contribution in [1.82, 2.24) is 0 Å². The van der Waals surface area contributed by atoms with Gasteiger partial charge in [0.1, 0.15) is 0 Å². The Morgan fingerprint density at radius 1 is 0.952 bits per heavy atom. The largest absolute Gasteiger partial charge is 0.405 e. The highest BCUT2D eigenvalue weighted by molar-refractivity contribution is 5.56. The van der Waals surface area contributed by atoms with E-state index in [9.17, 15) is 0 Å². The average molecular weight is 279 g/mol. The Morgan fingerprint density at radius 3 is 2.29 bits per heavy atom. The fraction of sp³-hybridized carbons (Fsp3) is 0.300. The van der Waals surface area contributed by atoms with Crippen LogP contribution in [0.25, 0.3) is 6.08 Å². The molecule has 21 heavy (non-hydrogen) atoms. The van der Waals surface area contributed by atoms with Crippen molar-refractivity contribution in [1.29, 1.82) is 0 Å². The van der Waals surface area contributed by atoms with E-state index in [-0.39, 0.29) is 0 Å². The molecule has 2 N–H and O–H groups in total. The highest BCUT2D eigenvalue weighted by Crippen LogP contribution is 2.20. The maximum atomic E-state index is 5.61. The van der Waals surface area contributed by atoms with Crippen molar-refractivity contribution in [3.8, 4) is 0 Å². The van der Waals surface area contributed by atoms with Crippen LogP contribution in [0.3, 0.4) is 0 Å². The third kappa shape index (κ3) is 4.22. The minimum absolute atomic E-state index is 0.953. The van der Waals surface area contributed by atoms with Gasteiger partial charge in [-0.15, -0.1) is 0 Å². The Balaban J connectivity index is 2.34. The highest BCUT2D eigenvalue weighted by Gasteiger charge is 2.04. The Morgan fingerprint density at radius 2 is 1.67 bits per heavy atom. The van der Waals surface area contributed by atoms with Gasteiger partial charge in [-0.2, -0.15) is 0 Å². The van der Waals surface area contributed by atoms with Crippen LogP contribution in [0.1, 0.15) is 46.7 Å². The molecule has 0 fully saturated rings. The summed E-state index contributed by atoms with van der Waals surface area (Å²) in [6.45, 7) is 6.52. The molecule has 0 saturated carbocycles. The van der Waals surface area contributed by atoms with Gasteiger partial charge in [-0.3, -0.25) is 0 Å². The normalized spacial score (nSPS) is 11.2. The number of aryl methyl sites for hydroxylation is 3. The Bertz CT molecular complexity index is 618. The van der Waals surface area contributed by atoms with E-state index in [4.69, 9.17) is 5.73 Å². The third-order valence-corrected chi connectivity index (χ3v) is 3.70. The molecule has 2 aromatic carbocycles. The zero-order chi connectivity index (χ0) is 15.2. The van der Waals surface area contributed by atoms with Crippen molar-refractivity contribution < 1.29 is 0 Å². The van der Waals surface area contributed by atoms with E-state index in [2.05, 4.69) is 57.2 Å². The van der Waals surface area contributed by atoms with Gasteiger partial charge in [-0.1, -0.05) is 60.9 Å². The molecule has 0 aliphatic carbocycles. The Hall–Kier alpha value is -2.02. The molecule has 0 unspecified atom stereocenters. The van der Waals surface area contributed by atoms with Crippen molar-refractivity contribution in [2.24, 2.45) is 5.73 Å². The van der Waals surface area contributed by atoms with Gasteiger partial charge in [0.05, 0.1) is 0 Å².